The van der Waals surface area contributed by atoms with E-state index in [1.165, 1.54) is 64.2 Å². The van der Waals surface area contributed by atoms with Crippen LogP contribution in [-0.2, 0) is 0 Å². The number of hydrogen-bond donors (Lipinski definition) is 0. The van der Waals surface area contributed by atoms with Crippen molar-refractivity contribution in [3.63, 3.8) is 0 Å². The fraction of sp³-hybridized carbons (Fsp3) is 0.750. The van der Waals surface area contributed by atoms with Gasteiger partial charge in [0.2, 0.25) is 0 Å². The van der Waals surface area contributed by atoms with Gasteiger partial charge in [-0.2, -0.15) is 0 Å². The molecule has 0 aromatic rings. The van der Waals surface area contributed by atoms with Crippen molar-refractivity contribution < 1.29 is 0 Å². The van der Waals surface area contributed by atoms with Crippen LogP contribution >= 0.6 is 0 Å². The smallest absolute Gasteiger partial charge is 0.0351 e. The molecular formula is C16H30. The highest BCUT2D eigenvalue weighted by atomic mass is 13.9. The van der Waals surface area contributed by atoms with E-state index in [0.29, 0.717) is 0 Å². The third-order valence-electron chi connectivity index (χ3n) is 2.74. The van der Waals surface area contributed by atoms with Crippen LogP contribution < -0.4 is 0 Å². The van der Waals surface area contributed by atoms with Gasteiger partial charge in [-0.05, 0) is 38.5 Å². The quantitative estimate of drug-likeness (QED) is 0.295. The van der Waals surface area contributed by atoms with Crippen LogP contribution in [0.4, 0.5) is 0 Å². The van der Waals surface area contributed by atoms with E-state index in [1.807, 2.05) is 0 Å². The van der Waals surface area contributed by atoms with E-state index in [-0.39, 0.29) is 0 Å². The molecule has 0 spiro atoms. The maximum Gasteiger partial charge on any atom is -0.0351 e. The van der Waals surface area contributed by atoms with Crippen molar-refractivity contribution in [2.24, 2.45) is 0 Å². The maximum atomic E-state index is 2.35. The first-order chi connectivity index (χ1) is 7.91. The molecule has 0 aliphatic rings. The summed E-state index contributed by atoms with van der Waals surface area (Å²) in [5, 5.41) is 0. The molecule has 0 N–H and O–H groups in total. The molecule has 0 heterocycles. The molecule has 0 saturated heterocycles. The van der Waals surface area contributed by atoms with Crippen LogP contribution in [0.5, 0.6) is 0 Å². The van der Waals surface area contributed by atoms with Gasteiger partial charge in [0.15, 0.2) is 0 Å². The van der Waals surface area contributed by atoms with Crippen molar-refractivity contribution in [1.82, 2.24) is 0 Å². The van der Waals surface area contributed by atoms with Crippen LogP contribution in [0, 0.1) is 0 Å². The average molecular weight is 222 g/mol. The Kier molecular flexibility index (Phi) is 14.0. The fourth-order valence-corrected chi connectivity index (χ4v) is 1.68. The molecule has 94 valence electrons. The van der Waals surface area contributed by atoms with E-state index in [2.05, 4.69) is 38.2 Å². The van der Waals surface area contributed by atoms with Crippen LogP contribution in [0.1, 0.15) is 78.1 Å². The van der Waals surface area contributed by atoms with Crippen molar-refractivity contribution in [2.75, 3.05) is 0 Å². The number of unbranched alkanes of at least 4 members (excludes halogenated alkanes) is 7. The van der Waals surface area contributed by atoms with Crippen LogP contribution in [0.3, 0.4) is 0 Å². The SMILES string of the molecule is CCCC=CCCCCCCC=CCCC. The predicted molar refractivity (Wildman–Crippen MR) is 75.8 cm³/mol. The van der Waals surface area contributed by atoms with Gasteiger partial charge in [-0.15, -0.1) is 0 Å². The average Bonchev–Trinajstić information content (AvgIpc) is 2.31. The Morgan fingerprint density at radius 1 is 0.500 bits per heavy atom. The van der Waals surface area contributed by atoms with Crippen LogP contribution in [0.25, 0.3) is 0 Å². The Hall–Kier alpha value is -0.520. The van der Waals surface area contributed by atoms with Crippen LogP contribution in [0.15, 0.2) is 24.3 Å². The Morgan fingerprint density at radius 2 is 0.875 bits per heavy atom. The van der Waals surface area contributed by atoms with Gasteiger partial charge in [0, 0.05) is 0 Å². The minimum atomic E-state index is 1.25. The third kappa shape index (κ3) is 13.5. The lowest BCUT2D eigenvalue weighted by molar-refractivity contribution is 0.651. The molecule has 0 aliphatic heterocycles. The van der Waals surface area contributed by atoms with Gasteiger partial charge in [-0.25, -0.2) is 0 Å². The molecule has 16 heavy (non-hydrogen) atoms. The van der Waals surface area contributed by atoms with Gasteiger partial charge in [0.25, 0.3) is 0 Å². The summed E-state index contributed by atoms with van der Waals surface area (Å²) < 4.78 is 0. The lowest BCUT2D eigenvalue weighted by Crippen LogP contribution is -1.77. The topological polar surface area (TPSA) is 0 Å². The molecule has 0 amide bonds. The molecule has 0 nitrogen and oxygen atoms in total. The Bertz CT molecular complexity index is 145. The first-order valence-electron chi connectivity index (χ1n) is 7.21. The van der Waals surface area contributed by atoms with E-state index in [9.17, 15) is 0 Å². The lowest BCUT2D eigenvalue weighted by Gasteiger charge is -1.97. The first kappa shape index (κ1) is 15.5. The summed E-state index contributed by atoms with van der Waals surface area (Å²) in [5.41, 5.74) is 0. The van der Waals surface area contributed by atoms with E-state index in [0.717, 1.165) is 0 Å². The summed E-state index contributed by atoms with van der Waals surface area (Å²) in [6.45, 7) is 4.47. The Balaban J connectivity index is 3.04. The largest absolute Gasteiger partial charge is 0.0885 e. The minimum absolute atomic E-state index is 1.25. The highest BCUT2D eigenvalue weighted by molar-refractivity contribution is 4.82. The molecule has 0 aromatic heterocycles. The van der Waals surface area contributed by atoms with E-state index >= 15 is 0 Å². The second-order valence-corrected chi connectivity index (χ2v) is 4.51. The van der Waals surface area contributed by atoms with Crippen LogP contribution in [0.2, 0.25) is 0 Å². The van der Waals surface area contributed by atoms with Gasteiger partial charge in [0.1, 0.15) is 0 Å². The van der Waals surface area contributed by atoms with Crippen molar-refractivity contribution >= 4 is 0 Å². The Morgan fingerprint density at radius 3 is 1.25 bits per heavy atom. The summed E-state index contributed by atoms with van der Waals surface area (Å²) in [7, 11) is 0. The zero-order chi connectivity index (χ0) is 11.9. The van der Waals surface area contributed by atoms with Crippen molar-refractivity contribution in [2.45, 2.75) is 78.1 Å². The molecule has 0 atom stereocenters. The van der Waals surface area contributed by atoms with Crippen molar-refractivity contribution in [1.29, 1.82) is 0 Å². The first-order valence-corrected chi connectivity index (χ1v) is 7.21. The number of hydrogen-bond acceptors (Lipinski definition) is 0. The summed E-state index contributed by atoms with van der Waals surface area (Å²) in [5.74, 6) is 0. The van der Waals surface area contributed by atoms with Gasteiger partial charge in [0.05, 0.1) is 0 Å². The monoisotopic (exact) mass is 222 g/mol. The van der Waals surface area contributed by atoms with E-state index < -0.39 is 0 Å². The summed E-state index contributed by atoms with van der Waals surface area (Å²) in [6.07, 6.45) is 22.5. The molecule has 0 saturated carbocycles. The minimum Gasteiger partial charge on any atom is -0.0885 e. The summed E-state index contributed by atoms with van der Waals surface area (Å²) >= 11 is 0. The van der Waals surface area contributed by atoms with Gasteiger partial charge >= 0.3 is 0 Å². The second kappa shape index (κ2) is 14.5. The van der Waals surface area contributed by atoms with Gasteiger partial charge in [-0.3, -0.25) is 0 Å². The molecule has 0 bridgehead atoms. The predicted octanol–water partition coefficient (Wildman–Crippen LogP) is 6.04. The third-order valence-corrected chi connectivity index (χ3v) is 2.74. The molecule has 0 rings (SSSR count). The summed E-state index contributed by atoms with van der Waals surface area (Å²) in [4.78, 5) is 0. The molecule has 0 heteroatoms. The highest BCUT2D eigenvalue weighted by Crippen LogP contribution is 2.07. The zero-order valence-electron chi connectivity index (χ0n) is 11.4. The Labute approximate surface area is 103 Å². The standard InChI is InChI=1S/C16H30/c1-3-5-7-9-11-13-15-16-14-12-10-8-6-4-2/h7-10H,3-6,11-16H2,1-2H3. The lowest BCUT2D eigenvalue weighted by atomic mass is 10.1. The molecular weight excluding hydrogens is 192 g/mol. The molecule has 0 aliphatic carbocycles. The molecule has 0 aromatic carbocycles. The zero-order valence-corrected chi connectivity index (χ0v) is 11.4. The fourth-order valence-electron chi connectivity index (χ4n) is 1.68. The van der Waals surface area contributed by atoms with Gasteiger partial charge < -0.3 is 0 Å². The second-order valence-electron chi connectivity index (χ2n) is 4.51. The van der Waals surface area contributed by atoms with E-state index in [4.69, 9.17) is 0 Å². The molecule has 0 fully saturated rings. The molecule has 0 unspecified atom stereocenters. The molecule has 0 radical (unpaired) electrons. The maximum absolute atomic E-state index is 2.35. The number of rotatable bonds is 11. The van der Waals surface area contributed by atoms with Crippen molar-refractivity contribution in [3.05, 3.63) is 24.3 Å². The highest BCUT2D eigenvalue weighted by Gasteiger charge is 1.87. The normalized spacial score (nSPS) is 11.9. The summed E-state index contributed by atoms with van der Waals surface area (Å²) in [6, 6.07) is 0. The van der Waals surface area contributed by atoms with Crippen LogP contribution in [-0.4, -0.2) is 0 Å². The van der Waals surface area contributed by atoms with Gasteiger partial charge in [-0.1, -0.05) is 63.8 Å². The van der Waals surface area contributed by atoms with E-state index in [1.54, 1.807) is 0 Å². The van der Waals surface area contributed by atoms with Crippen molar-refractivity contribution in [3.8, 4) is 0 Å². The number of allylic oxidation sites excluding steroid dienone is 4.